The fourth-order valence-electron chi connectivity index (χ4n) is 4.02. The number of ether oxygens (including phenoxy) is 1. The Morgan fingerprint density at radius 2 is 1.63 bits per heavy atom. The summed E-state index contributed by atoms with van der Waals surface area (Å²) in [6, 6.07) is 28.8. The third-order valence-electron chi connectivity index (χ3n) is 5.96. The third kappa shape index (κ3) is 5.29. The third-order valence-corrected chi connectivity index (χ3v) is 5.96. The van der Waals surface area contributed by atoms with Crippen molar-refractivity contribution in [3.63, 3.8) is 0 Å². The molecule has 0 aliphatic carbocycles. The maximum absolute atomic E-state index is 13.5. The van der Waals surface area contributed by atoms with Gasteiger partial charge in [-0.1, -0.05) is 60.7 Å². The highest BCUT2D eigenvalue weighted by atomic mass is 16.6. The summed E-state index contributed by atoms with van der Waals surface area (Å²) in [6.45, 7) is 3.83. The quantitative estimate of drug-likeness (QED) is 0.188. The van der Waals surface area contributed by atoms with Crippen LogP contribution in [0, 0.1) is 24.0 Å². The van der Waals surface area contributed by atoms with Gasteiger partial charge in [0.25, 0.3) is 11.6 Å². The number of para-hydroxylation sites is 1. The molecular formula is C30H24N4O4. The van der Waals surface area contributed by atoms with Gasteiger partial charge in [0, 0.05) is 23.9 Å². The monoisotopic (exact) mass is 504 g/mol. The first kappa shape index (κ1) is 24.5. The SMILES string of the molecule is Cc1ccc(C)c(Oc2cc(NC(=O)c3cn(-c4ccccc4)nc3-c3ccccc3)cc([N+](=O)[O-])c2)c1. The van der Waals surface area contributed by atoms with Crippen molar-refractivity contribution in [1.29, 1.82) is 0 Å². The first-order valence-electron chi connectivity index (χ1n) is 11.9. The normalized spacial score (nSPS) is 10.7. The van der Waals surface area contributed by atoms with Crippen molar-refractivity contribution in [1.82, 2.24) is 9.78 Å². The first-order valence-corrected chi connectivity index (χ1v) is 11.9. The topological polar surface area (TPSA) is 99.3 Å². The van der Waals surface area contributed by atoms with Crippen molar-refractivity contribution in [2.45, 2.75) is 13.8 Å². The number of hydrogen-bond acceptors (Lipinski definition) is 5. The molecule has 5 aromatic rings. The molecule has 5 rings (SSSR count). The molecule has 0 saturated heterocycles. The number of aromatic nitrogens is 2. The van der Waals surface area contributed by atoms with E-state index in [2.05, 4.69) is 10.4 Å². The Hall–Kier alpha value is -5.24. The van der Waals surface area contributed by atoms with E-state index in [0.29, 0.717) is 17.0 Å². The number of amides is 1. The van der Waals surface area contributed by atoms with Crippen molar-refractivity contribution in [2.24, 2.45) is 0 Å². The summed E-state index contributed by atoms with van der Waals surface area (Å²) in [5.74, 6) is 0.369. The number of anilines is 1. The minimum atomic E-state index is -0.519. The lowest BCUT2D eigenvalue weighted by Crippen LogP contribution is -2.12. The second kappa shape index (κ2) is 10.4. The summed E-state index contributed by atoms with van der Waals surface area (Å²) in [4.78, 5) is 24.7. The molecular weight excluding hydrogens is 480 g/mol. The number of hydrogen-bond donors (Lipinski definition) is 1. The highest BCUT2D eigenvalue weighted by Gasteiger charge is 2.20. The minimum Gasteiger partial charge on any atom is -0.457 e. The van der Waals surface area contributed by atoms with Crippen LogP contribution >= 0.6 is 0 Å². The van der Waals surface area contributed by atoms with E-state index in [1.54, 1.807) is 16.9 Å². The van der Waals surface area contributed by atoms with Crippen LogP contribution < -0.4 is 10.1 Å². The molecule has 0 aliphatic rings. The van der Waals surface area contributed by atoms with Gasteiger partial charge in [-0.2, -0.15) is 5.10 Å². The minimum absolute atomic E-state index is 0.202. The summed E-state index contributed by atoms with van der Waals surface area (Å²) < 4.78 is 7.63. The van der Waals surface area contributed by atoms with Gasteiger partial charge in [0.2, 0.25) is 0 Å². The van der Waals surface area contributed by atoms with E-state index in [1.807, 2.05) is 92.7 Å². The van der Waals surface area contributed by atoms with Crippen LogP contribution in [0.5, 0.6) is 11.5 Å². The van der Waals surface area contributed by atoms with Gasteiger partial charge in [-0.05, 0) is 43.2 Å². The van der Waals surface area contributed by atoms with Crippen molar-refractivity contribution in [3.05, 3.63) is 130 Å². The standard InChI is InChI=1S/C30H24N4O4/c1-20-13-14-21(2)28(15-20)38-26-17-23(16-25(18-26)34(36)37)31-30(35)27-19-33(24-11-7-4-8-12-24)32-29(27)22-9-5-3-6-10-22/h3-19H,1-2H3,(H,31,35). The van der Waals surface area contributed by atoms with E-state index in [0.717, 1.165) is 22.4 Å². The molecule has 1 N–H and O–H groups in total. The molecule has 0 radical (unpaired) electrons. The van der Waals surface area contributed by atoms with Gasteiger partial charge < -0.3 is 10.1 Å². The number of nitrogens with one attached hydrogen (secondary N) is 1. The number of rotatable bonds is 7. The molecule has 1 heterocycles. The molecule has 1 aromatic heterocycles. The smallest absolute Gasteiger partial charge is 0.275 e. The van der Waals surface area contributed by atoms with E-state index >= 15 is 0 Å². The zero-order chi connectivity index (χ0) is 26.6. The number of non-ortho nitro benzene ring substituents is 1. The second-order valence-corrected chi connectivity index (χ2v) is 8.84. The number of nitro groups is 1. The first-order chi connectivity index (χ1) is 18.4. The maximum Gasteiger partial charge on any atom is 0.275 e. The van der Waals surface area contributed by atoms with Crippen LogP contribution in [0.1, 0.15) is 21.5 Å². The van der Waals surface area contributed by atoms with Gasteiger partial charge in [0.15, 0.2) is 0 Å². The zero-order valence-corrected chi connectivity index (χ0v) is 20.8. The van der Waals surface area contributed by atoms with Crippen molar-refractivity contribution in [2.75, 3.05) is 5.32 Å². The number of nitrogens with zero attached hydrogens (tertiary/aromatic N) is 3. The van der Waals surface area contributed by atoms with Crippen LogP contribution in [0.3, 0.4) is 0 Å². The van der Waals surface area contributed by atoms with E-state index in [-0.39, 0.29) is 17.1 Å². The highest BCUT2D eigenvalue weighted by molar-refractivity contribution is 6.08. The van der Waals surface area contributed by atoms with Gasteiger partial charge in [-0.25, -0.2) is 4.68 Å². The summed E-state index contributed by atoms with van der Waals surface area (Å²) >= 11 is 0. The maximum atomic E-state index is 13.5. The fourth-order valence-corrected chi connectivity index (χ4v) is 4.02. The summed E-state index contributed by atoms with van der Waals surface area (Å²) in [6.07, 6.45) is 1.65. The van der Waals surface area contributed by atoms with Crippen LogP contribution in [0.25, 0.3) is 16.9 Å². The van der Waals surface area contributed by atoms with Crippen LogP contribution in [-0.2, 0) is 0 Å². The lowest BCUT2D eigenvalue weighted by atomic mass is 10.1. The Balaban J connectivity index is 1.51. The Labute approximate surface area is 219 Å². The summed E-state index contributed by atoms with van der Waals surface area (Å²) in [5, 5.41) is 19.1. The summed E-state index contributed by atoms with van der Waals surface area (Å²) in [7, 11) is 0. The van der Waals surface area contributed by atoms with Crippen molar-refractivity contribution >= 4 is 17.3 Å². The van der Waals surface area contributed by atoms with Gasteiger partial charge in [-0.15, -0.1) is 0 Å². The highest BCUT2D eigenvalue weighted by Crippen LogP contribution is 2.32. The van der Waals surface area contributed by atoms with E-state index in [1.165, 1.54) is 12.1 Å². The largest absolute Gasteiger partial charge is 0.457 e. The number of benzene rings is 4. The van der Waals surface area contributed by atoms with Gasteiger partial charge in [0.05, 0.1) is 27.9 Å². The molecule has 0 fully saturated rings. The lowest BCUT2D eigenvalue weighted by molar-refractivity contribution is -0.384. The Kier molecular flexibility index (Phi) is 6.69. The molecule has 4 aromatic carbocycles. The molecule has 38 heavy (non-hydrogen) atoms. The average Bonchev–Trinajstić information content (AvgIpc) is 3.38. The van der Waals surface area contributed by atoms with Crippen molar-refractivity contribution in [3.8, 4) is 28.4 Å². The molecule has 1 amide bonds. The molecule has 0 unspecified atom stereocenters. The van der Waals surface area contributed by atoms with E-state index in [4.69, 9.17) is 4.74 Å². The van der Waals surface area contributed by atoms with Gasteiger partial charge >= 0.3 is 0 Å². The molecule has 0 bridgehead atoms. The van der Waals surface area contributed by atoms with Crippen LogP contribution in [-0.4, -0.2) is 20.6 Å². The van der Waals surface area contributed by atoms with Crippen LogP contribution in [0.4, 0.5) is 11.4 Å². The molecule has 188 valence electrons. The van der Waals surface area contributed by atoms with E-state index in [9.17, 15) is 14.9 Å². The molecule has 0 aliphatic heterocycles. The predicted octanol–water partition coefficient (Wildman–Crippen LogP) is 7.11. The molecule has 0 spiro atoms. The fraction of sp³-hybridized carbons (Fsp3) is 0.0667. The second-order valence-electron chi connectivity index (χ2n) is 8.84. The molecule has 0 saturated carbocycles. The Morgan fingerprint density at radius 3 is 2.34 bits per heavy atom. The molecule has 8 nitrogen and oxygen atoms in total. The van der Waals surface area contributed by atoms with Crippen molar-refractivity contribution < 1.29 is 14.5 Å². The van der Waals surface area contributed by atoms with Crippen LogP contribution in [0.15, 0.2) is 103 Å². The van der Waals surface area contributed by atoms with E-state index < -0.39 is 10.8 Å². The zero-order valence-electron chi connectivity index (χ0n) is 20.8. The number of carbonyl (C=O) groups excluding carboxylic acids is 1. The average molecular weight is 505 g/mol. The molecule has 0 atom stereocenters. The summed E-state index contributed by atoms with van der Waals surface area (Å²) in [5.41, 5.74) is 4.28. The Morgan fingerprint density at radius 1 is 0.921 bits per heavy atom. The number of carbonyl (C=O) groups is 1. The Bertz CT molecular complexity index is 1630. The number of aryl methyl sites for hydroxylation is 2. The van der Waals surface area contributed by atoms with Gasteiger partial charge in [0.1, 0.15) is 17.2 Å². The van der Waals surface area contributed by atoms with Crippen LogP contribution in [0.2, 0.25) is 0 Å². The van der Waals surface area contributed by atoms with Gasteiger partial charge in [-0.3, -0.25) is 14.9 Å². The predicted molar refractivity (Wildman–Crippen MR) is 146 cm³/mol. The molecule has 8 heteroatoms. The number of nitro benzene ring substituents is 1. The lowest BCUT2D eigenvalue weighted by Gasteiger charge is -2.12.